The van der Waals surface area contributed by atoms with E-state index in [-0.39, 0.29) is 11.9 Å². The highest BCUT2D eigenvalue weighted by Gasteiger charge is 2.02. The largest absolute Gasteiger partial charge is 0.508 e. The first-order chi connectivity index (χ1) is 11.6. The van der Waals surface area contributed by atoms with E-state index in [1.165, 1.54) is 18.9 Å². The number of rotatable bonds is 13. The minimum Gasteiger partial charge on any atom is -0.508 e. The van der Waals surface area contributed by atoms with Crippen LogP contribution in [0.5, 0.6) is 0 Å². The Hall–Kier alpha value is -2.07. The summed E-state index contributed by atoms with van der Waals surface area (Å²) in [6, 6.07) is 0. The molecule has 0 aromatic rings. The maximum Gasteiger partial charge on any atom is 0.328 e. The molecule has 134 valence electrons. The predicted molar refractivity (Wildman–Crippen MR) is 98.9 cm³/mol. The van der Waals surface area contributed by atoms with Gasteiger partial charge in [0.1, 0.15) is 5.76 Å². The molecule has 0 aliphatic carbocycles. The van der Waals surface area contributed by atoms with Crippen LogP contribution in [0, 0.1) is 0 Å². The maximum absolute atomic E-state index is 10.2. The summed E-state index contributed by atoms with van der Waals surface area (Å²) in [5.74, 6) is -0.830. The van der Waals surface area contributed by atoms with E-state index in [2.05, 4.69) is 6.92 Å². The van der Waals surface area contributed by atoms with Crippen LogP contribution in [-0.2, 0) is 4.79 Å². The third kappa shape index (κ3) is 16.3. The Kier molecular flexibility index (Phi) is 14.4. The van der Waals surface area contributed by atoms with Crippen molar-refractivity contribution >= 4 is 5.97 Å². The number of aliphatic carboxylic acids is 1. The molecule has 0 amide bonds. The van der Waals surface area contributed by atoms with Gasteiger partial charge in [-0.3, -0.25) is 0 Å². The molecule has 1 atom stereocenters. The number of hydrogen-bond acceptors (Lipinski definition) is 3. The third-order valence-corrected chi connectivity index (χ3v) is 3.29. The van der Waals surface area contributed by atoms with E-state index in [9.17, 15) is 15.0 Å². The highest BCUT2D eigenvalue weighted by Crippen LogP contribution is 2.10. The highest BCUT2D eigenvalue weighted by molar-refractivity contribution is 5.80. The van der Waals surface area contributed by atoms with E-state index in [0.29, 0.717) is 0 Å². The Morgan fingerprint density at radius 2 is 1.58 bits per heavy atom. The zero-order valence-electron chi connectivity index (χ0n) is 14.5. The summed E-state index contributed by atoms with van der Waals surface area (Å²) in [5.41, 5.74) is 0. The van der Waals surface area contributed by atoms with Gasteiger partial charge >= 0.3 is 5.97 Å². The van der Waals surface area contributed by atoms with Crippen LogP contribution in [0.25, 0.3) is 0 Å². The summed E-state index contributed by atoms with van der Waals surface area (Å²) in [5, 5.41) is 27.8. The molecule has 24 heavy (non-hydrogen) atoms. The van der Waals surface area contributed by atoms with Gasteiger partial charge in [-0.2, -0.15) is 0 Å². The van der Waals surface area contributed by atoms with Crippen molar-refractivity contribution in [2.45, 2.75) is 58.0 Å². The zero-order chi connectivity index (χ0) is 18.0. The maximum atomic E-state index is 10.2. The second kappa shape index (κ2) is 15.8. The molecule has 3 N–H and O–H groups in total. The second-order valence-corrected chi connectivity index (χ2v) is 5.54. The van der Waals surface area contributed by atoms with Crippen LogP contribution in [0.4, 0.5) is 0 Å². The molecule has 0 radical (unpaired) electrons. The van der Waals surface area contributed by atoms with Crippen LogP contribution < -0.4 is 0 Å². The van der Waals surface area contributed by atoms with Crippen LogP contribution in [0.15, 0.2) is 60.4 Å². The van der Waals surface area contributed by atoms with Crippen LogP contribution >= 0.6 is 0 Å². The Labute approximate surface area is 145 Å². The fourth-order valence-corrected chi connectivity index (χ4v) is 1.99. The van der Waals surface area contributed by atoms with Crippen LogP contribution in [0.2, 0.25) is 0 Å². The molecular formula is C20H30O4. The van der Waals surface area contributed by atoms with Gasteiger partial charge < -0.3 is 15.3 Å². The molecule has 0 heterocycles. The molecule has 0 aliphatic rings. The average molecular weight is 334 g/mol. The van der Waals surface area contributed by atoms with Gasteiger partial charge in [-0.25, -0.2) is 4.79 Å². The van der Waals surface area contributed by atoms with Gasteiger partial charge in [-0.15, -0.1) is 0 Å². The van der Waals surface area contributed by atoms with Crippen molar-refractivity contribution in [1.82, 2.24) is 0 Å². The normalized spacial score (nSPS) is 14.5. The number of hydrogen-bond donors (Lipinski definition) is 3. The number of unbranched alkanes of at least 4 members (excludes halogenated alkanes) is 3. The molecule has 0 aromatic carbocycles. The lowest BCUT2D eigenvalue weighted by Gasteiger charge is -2.08. The van der Waals surface area contributed by atoms with Gasteiger partial charge in [0.05, 0.1) is 6.10 Å². The number of carboxylic acids is 1. The molecule has 0 rings (SSSR count). The first-order valence-electron chi connectivity index (χ1n) is 8.54. The predicted octanol–water partition coefficient (Wildman–Crippen LogP) is 4.85. The molecule has 0 saturated heterocycles. The van der Waals surface area contributed by atoms with Crippen molar-refractivity contribution in [3.05, 3.63) is 60.4 Å². The molecule has 1 unspecified atom stereocenters. The number of carbonyl (C=O) groups is 1. The van der Waals surface area contributed by atoms with E-state index in [1.54, 1.807) is 36.5 Å². The van der Waals surface area contributed by atoms with E-state index in [0.717, 1.165) is 38.2 Å². The van der Waals surface area contributed by atoms with E-state index in [1.807, 2.05) is 6.08 Å². The topological polar surface area (TPSA) is 77.8 Å². The Morgan fingerprint density at radius 1 is 0.917 bits per heavy atom. The lowest BCUT2D eigenvalue weighted by atomic mass is 10.1. The summed E-state index contributed by atoms with van der Waals surface area (Å²) in [7, 11) is 0. The molecule has 4 heteroatoms. The quantitative estimate of drug-likeness (QED) is 0.195. The summed E-state index contributed by atoms with van der Waals surface area (Å²) in [4.78, 5) is 10.2. The van der Waals surface area contributed by atoms with Crippen molar-refractivity contribution in [2.75, 3.05) is 0 Å². The van der Waals surface area contributed by atoms with E-state index < -0.39 is 5.97 Å². The molecule has 0 aromatic heterocycles. The monoisotopic (exact) mass is 334 g/mol. The first-order valence-corrected chi connectivity index (χ1v) is 8.54. The van der Waals surface area contributed by atoms with Crippen molar-refractivity contribution in [1.29, 1.82) is 0 Å². The molecular weight excluding hydrogens is 304 g/mol. The lowest BCUT2D eigenvalue weighted by molar-refractivity contribution is -0.131. The van der Waals surface area contributed by atoms with Crippen LogP contribution in [-0.4, -0.2) is 27.4 Å². The van der Waals surface area contributed by atoms with Crippen molar-refractivity contribution in [2.24, 2.45) is 0 Å². The van der Waals surface area contributed by atoms with Crippen molar-refractivity contribution in [3.8, 4) is 0 Å². The minimum atomic E-state index is -0.986. The average Bonchev–Trinajstić information content (AvgIpc) is 2.53. The smallest absolute Gasteiger partial charge is 0.328 e. The Balaban J connectivity index is 3.87. The Morgan fingerprint density at radius 3 is 2.29 bits per heavy atom. The third-order valence-electron chi connectivity index (χ3n) is 3.29. The molecule has 0 spiro atoms. The first kappa shape index (κ1) is 21.9. The van der Waals surface area contributed by atoms with Gasteiger partial charge in [-0.05, 0) is 37.8 Å². The van der Waals surface area contributed by atoms with Gasteiger partial charge in [0.2, 0.25) is 0 Å². The highest BCUT2D eigenvalue weighted by atomic mass is 16.4. The zero-order valence-corrected chi connectivity index (χ0v) is 14.5. The molecule has 0 bridgehead atoms. The number of allylic oxidation sites excluding steroid dienone is 8. The number of aliphatic hydroxyl groups excluding tert-OH is 2. The molecule has 0 fully saturated rings. The molecule has 0 aliphatic heterocycles. The second-order valence-electron chi connectivity index (χ2n) is 5.54. The molecule has 4 nitrogen and oxygen atoms in total. The summed E-state index contributed by atoms with van der Waals surface area (Å²) in [6.07, 6.45) is 20.8. The lowest BCUT2D eigenvalue weighted by Crippen LogP contribution is -2.05. The summed E-state index contributed by atoms with van der Waals surface area (Å²) in [6.45, 7) is 2.15. The SMILES string of the molecule is CCCCCC(O)CCCC=CC(O)=CC=CC=CC=CC(=O)O. The van der Waals surface area contributed by atoms with Crippen LogP contribution in [0.3, 0.4) is 0 Å². The van der Waals surface area contributed by atoms with Crippen LogP contribution in [0.1, 0.15) is 51.9 Å². The summed E-state index contributed by atoms with van der Waals surface area (Å²) >= 11 is 0. The number of aliphatic hydroxyl groups is 2. The van der Waals surface area contributed by atoms with Gasteiger partial charge in [0, 0.05) is 6.08 Å². The van der Waals surface area contributed by atoms with E-state index >= 15 is 0 Å². The van der Waals surface area contributed by atoms with Crippen molar-refractivity contribution < 1.29 is 20.1 Å². The summed E-state index contributed by atoms with van der Waals surface area (Å²) < 4.78 is 0. The minimum absolute atomic E-state index is 0.157. The number of carboxylic acid groups (broad SMARTS) is 1. The van der Waals surface area contributed by atoms with Gasteiger partial charge in [0.25, 0.3) is 0 Å². The van der Waals surface area contributed by atoms with E-state index in [4.69, 9.17) is 5.11 Å². The Bertz CT molecular complexity index is 470. The fraction of sp³-hybridized carbons (Fsp3) is 0.450. The van der Waals surface area contributed by atoms with Gasteiger partial charge in [0.15, 0.2) is 0 Å². The fourth-order valence-electron chi connectivity index (χ4n) is 1.99. The standard InChI is InChI=1S/C20H30O4/c1-2-3-8-13-18(21)15-10-7-11-16-19(22)14-9-5-4-6-12-17-20(23)24/h4-6,9,11-12,14,16-18,21-22H,2-3,7-8,10,13,15H2,1H3,(H,23,24). The van der Waals surface area contributed by atoms with Gasteiger partial charge in [-0.1, -0.05) is 62.6 Å². The molecule has 0 saturated carbocycles. The van der Waals surface area contributed by atoms with Crippen molar-refractivity contribution in [3.63, 3.8) is 0 Å².